The van der Waals surface area contributed by atoms with Crippen LogP contribution in [0.15, 0.2) is 0 Å². The Balaban J connectivity index is 4.09. The van der Waals surface area contributed by atoms with E-state index in [4.69, 9.17) is 15.0 Å². The third-order valence-corrected chi connectivity index (χ3v) is 9.98. The van der Waals surface area contributed by atoms with Gasteiger partial charge < -0.3 is 4.74 Å². The lowest BCUT2D eigenvalue weighted by Gasteiger charge is -2.32. The molecule has 4 N–H and O–H groups in total. The lowest BCUT2D eigenvalue weighted by molar-refractivity contribution is 0.113. The standard InChI is InChI=1S/C26H56N2O5S2/c1-5-25(6-2,19-11-15-23-34(27,29)30)17-9-13-21-33-22-14-10-18-26(7-3,8-4)20-12-16-24-35(28,31)32/h5-24H2,1-4H3,(H2,27,29,30)(H2,28,31,32). The molecule has 7 nitrogen and oxygen atoms in total. The van der Waals surface area contributed by atoms with Crippen LogP contribution < -0.4 is 10.3 Å². The normalized spacial score (nSPS) is 13.4. The van der Waals surface area contributed by atoms with E-state index in [1.165, 1.54) is 12.8 Å². The van der Waals surface area contributed by atoms with Crippen molar-refractivity contribution in [3.8, 4) is 0 Å². The molecular weight excluding hydrogens is 484 g/mol. The molecule has 0 atom stereocenters. The molecule has 0 aromatic heterocycles. The van der Waals surface area contributed by atoms with E-state index in [2.05, 4.69) is 27.7 Å². The molecule has 0 bridgehead atoms. The molecule has 0 aliphatic carbocycles. The number of rotatable bonds is 24. The summed E-state index contributed by atoms with van der Waals surface area (Å²) >= 11 is 0. The highest BCUT2D eigenvalue weighted by molar-refractivity contribution is 7.89. The topological polar surface area (TPSA) is 130 Å². The zero-order chi connectivity index (χ0) is 26.8. The Morgan fingerprint density at radius 1 is 0.514 bits per heavy atom. The summed E-state index contributed by atoms with van der Waals surface area (Å²) in [6, 6.07) is 0. The third-order valence-electron chi connectivity index (χ3n) is 8.26. The van der Waals surface area contributed by atoms with Crippen LogP contribution in [0.25, 0.3) is 0 Å². The van der Waals surface area contributed by atoms with E-state index in [1.807, 2.05) is 0 Å². The van der Waals surface area contributed by atoms with Gasteiger partial charge in [0.25, 0.3) is 0 Å². The molecule has 0 aliphatic rings. The van der Waals surface area contributed by atoms with Gasteiger partial charge in [-0.2, -0.15) is 0 Å². The SMILES string of the molecule is CCC(CC)(CCCCOCCCCC(CC)(CC)CCCCS(N)(=O)=O)CCCCS(N)(=O)=O. The van der Waals surface area contributed by atoms with Crippen molar-refractivity contribution in [1.29, 1.82) is 0 Å². The van der Waals surface area contributed by atoms with Gasteiger partial charge in [0.1, 0.15) is 0 Å². The summed E-state index contributed by atoms with van der Waals surface area (Å²) in [5, 5.41) is 10.2. The second kappa shape index (κ2) is 18.1. The Kier molecular flexibility index (Phi) is 18.0. The van der Waals surface area contributed by atoms with Crippen LogP contribution in [-0.4, -0.2) is 41.6 Å². The molecule has 0 spiro atoms. The minimum Gasteiger partial charge on any atom is -0.381 e. The van der Waals surface area contributed by atoms with Crippen molar-refractivity contribution in [2.45, 2.75) is 130 Å². The van der Waals surface area contributed by atoms with Gasteiger partial charge in [-0.1, -0.05) is 79.1 Å². The first kappa shape index (κ1) is 34.8. The third kappa shape index (κ3) is 17.8. The molecule has 0 fully saturated rings. The number of unbranched alkanes of at least 4 members (excludes halogenated alkanes) is 4. The molecule has 0 amide bonds. The fraction of sp³-hybridized carbons (Fsp3) is 1.00. The highest BCUT2D eigenvalue weighted by atomic mass is 32.2. The Bertz CT molecular complexity index is 669. The van der Waals surface area contributed by atoms with Crippen LogP contribution in [0.3, 0.4) is 0 Å². The minimum atomic E-state index is -3.35. The zero-order valence-corrected chi connectivity index (χ0v) is 24.8. The maximum Gasteiger partial charge on any atom is 0.209 e. The van der Waals surface area contributed by atoms with Crippen molar-refractivity contribution in [2.24, 2.45) is 21.1 Å². The van der Waals surface area contributed by atoms with Gasteiger partial charge in [0.05, 0.1) is 11.5 Å². The predicted molar refractivity (Wildman–Crippen MR) is 148 cm³/mol. The first-order valence-electron chi connectivity index (χ1n) is 13.9. The molecular formula is C26H56N2O5S2. The monoisotopic (exact) mass is 540 g/mol. The number of primary sulfonamides is 2. The van der Waals surface area contributed by atoms with Crippen molar-refractivity contribution in [1.82, 2.24) is 0 Å². The van der Waals surface area contributed by atoms with Crippen molar-refractivity contribution in [3.63, 3.8) is 0 Å². The molecule has 0 aliphatic heterocycles. The van der Waals surface area contributed by atoms with E-state index in [0.717, 1.165) is 90.3 Å². The van der Waals surface area contributed by atoms with Crippen LogP contribution in [0.5, 0.6) is 0 Å². The average Bonchev–Trinajstić information content (AvgIpc) is 2.79. The van der Waals surface area contributed by atoms with E-state index >= 15 is 0 Å². The molecule has 0 heterocycles. The Morgan fingerprint density at radius 3 is 1.06 bits per heavy atom. The molecule has 0 aromatic rings. The largest absolute Gasteiger partial charge is 0.381 e. The molecule has 0 aromatic carbocycles. The summed E-state index contributed by atoms with van der Waals surface area (Å²) in [5.74, 6) is 0.168. The lowest BCUT2D eigenvalue weighted by Crippen LogP contribution is -2.21. The van der Waals surface area contributed by atoms with Gasteiger partial charge in [-0.25, -0.2) is 27.1 Å². The predicted octanol–water partition coefficient (Wildman–Crippen LogP) is 5.87. The second-order valence-corrected chi connectivity index (χ2v) is 14.1. The van der Waals surface area contributed by atoms with Crippen LogP contribution in [0.4, 0.5) is 0 Å². The van der Waals surface area contributed by atoms with Gasteiger partial charge >= 0.3 is 0 Å². The van der Waals surface area contributed by atoms with Crippen LogP contribution in [0.2, 0.25) is 0 Å². The Morgan fingerprint density at radius 2 is 0.800 bits per heavy atom. The van der Waals surface area contributed by atoms with Crippen LogP contribution >= 0.6 is 0 Å². The van der Waals surface area contributed by atoms with Gasteiger partial charge in [0.2, 0.25) is 20.0 Å². The number of hydrogen-bond donors (Lipinski definition) is 2. The summed E-state index contributed by atoms with van der Waals surface area (Å²) in [5.41, 5.74) is 0.604. The van der Waals surface area contributed by atoms with E-state index in [1.54, 1.807) is 0 Å². The summed E-state index contributed by atoms with van der Waals surface area (Å²) in [6.45, 7) is 10.6. The maximum atomic E-state index is 11.1. The summed E-state index contributed by atoms with van der Waals surface area (Å²) < 4.78 is 50.5. The summed E-state index contributed by atoms with van der Waals surface area (Å²) in [7, 11) is -6.70. The van der Waals surface area contributed by atoms with E-state index in [0.29, 0.717) is 23.7 Å². The number of nitrogens with two attached hydrogens (primary N) is 2. The molecule has 0 saturated heterocycles. The van der Waals surface area contributed by atoms with Crippen LogP contribution in [0.1, 0.15) is 130 Å². The van der Waals surface area contributed by atoms with Crippen molar-refractivity contribution >= 4 is 20.0 Å². The van der Waals surface area contributed by atoms with Crippen molar-refractivity contribution < 1.29 is 21.6 Å². The van der Waals surface area contributed by atoms with Crippen molar-refractivity contribution in [3.05, 3.63) is 0 Å². The molecule has 35 heavy (non-hydrogen) atoms. The highest BCUT2D eigenvalue weighted by Crippen LogP contribution is 2.39. The number of sulfonamides is 2. The Hall–Kier alpha value is -0.220. The second-order valence-electron chi connectivity index (χ2n) is 10.6. The minimum absolute atomic E-state index is 0.0839. The molecule has 9 heteroatoms. The highest BCUT2D eigenvalue weighted by Gasteiger charge is 2.26. The van der Waals surface area contributed by atoms with Gasteiger partial charge in [0.15, 0.2) is 0 Å². The van der Waals surface area contributed by atoms with E-state index < -0.39 is 20.0 Å². The van der Waals surface area contributed by atoms with Crippen LogP contribution in [-0.2, 0) is 24.8 Å². The molecule has 0 rings (SSSR count). The molecule has 0 unspecified atom stereocenters. The molecule has 0 saturated carbocycles. The zero-order valence-electron chi connectivity index (χ0n) is 23.2. The quantitative estimate of drug-likeness (QED) is 0.148. The molecule has 0 radical (unpaired) electrons. The fourth-order valence-corrected chi connectivity index (χ4v) is 6.49. The Labute approximate surface area is 217 Å². The number of hydrogen-bond acceptors (Lipinski definition) is 5. The average molecular weight is 541 g/mol. The first-order valence-corrected chi connectivity index (χ1v) is 17.4. The van der Waals surface area contributed by atoms with Crippen LogP contribution in [0, 0.1) is 10.8 Å². The van der Waals surface area contributed by atoms with Gasteiger partial charge in [0, 0.05) is 13.2 Å². The maximum absolute atomic E-state index is 11.1. The first-order chi connectivity index (χ1) is 16.4. The van der Waals surface area contributed by atoms with E-state index in [9.17, 15) is 16.8 Å². The fourth-order valence-electron chi connectivity index (χ4n) is 5.28. The van der Waals surface area contributed by atoms with Gasteiger partial charge in [-0.15, -0.1) is 0 Å². The van der Waals surface area contributed by atoms with Gasteiger partial charge in [-0.3, -0.25) is 0 Å². The van der Waals surface area contributed by atoms with E-state index in [-0.39, 0.29) is 11.5 Å². The summed E-state index contributed by atoms with van der Waals surface area (Å²) in [4.78, 5) is 0. The summed E-state index contributed by atoms with van der Waals surface area (Å²) in [6.07, 6.45) is 16.5. The van der Waals surface area contributed by atoms with Crippen molar-refractivity contribution in [2.75, 3.05) is 24.7 Å². The lowest BCUT2D eigenvalue weighted by atomic mass is 9.74. The van der Waals surface area contributed by atoms with Gasteiger partial charge in [-0.05, 0) is 62.2 Å². The smallest absolute Gasteiger partial charge is 0.209 e. The number of ether oxygens (including phenoxy) is 1. The molecule has 212 valence electrons.